The monoisotopic (exact) mass is 228 g/mol. The molecule has 3 nitrogen and oxygen atoms in total. The van der Waals surface area contributed by atoms with Gasteiger partial charge in [0.05, 0.1) is 10.9 Å². The average molecular weight is 228 g/mol. The van der Waals surface area contributed by atoms with Crippen LogP contribution < -0.4 is 11.1 Å². The smallest absolute Gasteiger partial charge is 0.229 e. The molecule has 1 rings (SSSR count). The first kappa shape index (κ1) is 11.1. The van der Waals surface area contributed by atoms with Crippen LogP contribution in [0.5, 0.6) is 0 Å². The molecule has 1 amide bonds. The molecule has 1 atom stereocenters. The average Bonchev–Trinajstić information content (AvgIpc) is 2.65. The molecule has 1 aromatic rings. The summed E-state index contributed by atoms with van der Waals surface area (Å²) < 4.78 is 0. The quantitative estimate of drug-likeness (QED) is 0.763. The van der Waals surface area contributed by atoms with E-state index >= 15 is 0 Å². The van der Waals surface area contributed by atoms with Crippen molar-refractivity contribution >= 4 is 34.5 Å². The second-order valence-electron chi connectivity index (χ2n) is 2.97. The van der Waals surface area contributed by atoms with Crippen LogP contribution >= 0.6 is 23.6 Å². The summed E-state index contributed by atoms with van der Waals surface area (Å²) in [6.45, 7) is 2.24. The Kier molecular flexibility index (Phi) is 4.03. The van der Waals surface area contributed by atoms with Crippen LogP contribution in [0.4, 0.5) is 0 Å². The number of amides is 1. The van der Waals surface area contributed by atoms with Crippen LogP contribution in [0.2, 0.25) is 0 Å². The molecule has 0 aliphatic heterocycles. The van der Waals surface area contributed by atoms with E-state index in [1.807, 2.05) is 16.8 Å². The normalized spacial score (nSPS) is 12.1. The van der Waals surface area contributed by atoms with Gasteiger partial charge in [0.25, 0.3) is 0 Å². The molecular weight excluding hydrogens is 216 g/mol. The van der Waals surface area contributed by atoms with E-state index in [0.29, 0.717) is 6.54 Å². The molecule has 0 radical (unpaired) electrons. The SMILES string of the molecule is CC(C(=O)NCc1ccsc1)C(N)=S. The number of thiophene rings is 1. The highest BCUT2D eigenvalue weighted by Crippen LogP contribution is 2.05. The van der Waals surface area contributed by atoms with E-state index < -0.39 is 5.92 Å². The van der Waals surface area contributed by atoms with Crippen LogP contribution in [0.3, 0.4) is 0 Å². The first-order chi connectivity index (χ1) is 6.61. The molecule has 76 valence electrons. The first-order valence-electron chi connectivity index (χ1n) is 4.19. The summed E-state index contributed by atoms with van der Waals surface area (Å²) in [4.78, 5) is 11.6. The lowest BCUT2D eigenvalue weighted by Gasteiger charge is -2.09. The van der Waals surface area contributed by atoms with Crippen molar-refractivity contribution in [3.63, 3.8) is 0 Å². The molecule has 0 saturated heterocycles. The predicted octanol–water partition coefficient (Wildman–Crippen LogP) is 1.29. The van der Waals surface area contributed by atoms with E-state index in [9.17, 15) is 4.79 Å². The molecule has 0 spiro atoms. The number of hydrogen-bond donors (Lipinski definition) is 2. The molecule has 14 heavy (non-hydrogen) atoms. The summed E-state index contributed by atoms with van der Waals surface area (Å²) in [6.07, 6.45) is 0. The van der Waals surface area contributed by atoms with Gasteiger partial charge < -0.3 is 11.1 Å². The zero-order valence-electron chi connectivity index (χ0n) is 7.82. The van der Waals surface area contributed by atoms with Gasteiger partial charge in [0.1, 0.15) is 0 Å². The van der Waals surface area contributed by atoms with E-state index in [2.05, 4.69) is 5.32 Å². The molecule has 0 bridgehead atoms. The van der Waals surface area contributed by atoms with Crippen molar-refractivity contribution in [3.8, 4) is 0 Å². The van der Waals surface area contributed by atoms with Crippen molar-refractivity contribution < 1.29 is 4.79 Å². The van der Waals surface area contributed by atoms with E-state index in [1.54, 1.807) is 18.3 Å². The van der Waals surface area contributed by atoms with Gasteiger partial charge in [-0.1, -0.05) is 12.2 Å². The highest BCUT2D eigenvalue weighted by atomic mass is 32.1. The Morgan fingerprint density at radius 3 is 3.00 bits per heavy atom. The lowest BCUT2D eigenvalue weighted by molar-refractivity contribution is -0.122. The largest absolute Gasteiger partial charge is 0.393 e. The topological polar surface area (TPSA) is 55.1 Å². The highest BCUT2D eigenvalue weighted by Gasteiger charge is 2.14. The van der Waals surface area contributed by atoms with Crippen molar-refractivity contribution in [2.24, 2.45) is 11.7 Å². The van der Waals surface area contributed by atoms with Crippen molar-refractivity contribution in [2.45, 2.75) is 13.5 Å². The molecule has 3 N–H and O–H groups in total. The maximum absolute atomic E-state index is 11.4. The number of rotatable bonds is 4. The van der Waals surface area contributed by atoms with Crippen LogP contribution in [0.1, 0.15) is 12.5 Å². The summed E-state index contributed by atoms with van der Waals surface area (Å²) in [7, 11) is 0. The minimum Gasteiger partial charge on any atom is -0.393 e. The molecule has 5 heteroatoms. The Morgan fingerprint density at radius 1 is 1.79 bits per heavy atom. The van der Waals surface area contributed by atoms with Gasteiger partial charge in [0.15, 0.2) is 0 Å². The lowest BCUT2D eigenvalue weighted by atomic mass is 10.1. The second-order valence-corrected chi connectivity index (χ2v) is 4.22. The van der Waals surface area contributed by atoms with Crippen LogP contribution in [0, 0.1) is 5.92 Å². The third kappa shape index (κ3) is 3.08. The zero-order valence-corrected chi connectivity index (χ0v) is 9.45. The summed E-state index contributed by atoms with van der Waals surface area (Å²) in [6, 6.07) is 1.97. The van der Waals surface area contributed by atoms with Crippen molar-refractivity contribution in [1.29, 1.82) is 0 Å². The van der Waals surface area contributed by atoms with Gasteiger partial charge in [-0.25, -0.2) is 0 Å². The number of nitrogens with two attached hydrogens (primary N) is 1. The third-order valence-electron chi connectivity index (χ3n) is 1.87. The molecule has 1 heterocycles. The number of hydrogen-bond acceptors (Lipinski definition) is 3. The molecule has 0 aliphatic rings. The second kappa shape index (κ2) is 5.07. The minimum atomic E-state index is -0.399. The maximum Gasteiger partial charge on any atom is 0.229 e. The minimum absolute atomic E-state index is 0.122. The fraction of sp³-hybridized carbons (Fsp3) is 0.333. The van der Waals surface area contributed by atoms with Crippen LogP contribution in [0.25, 0.3) is 0 Å². The van der Waals surface area contributed by atoms with Crippen molar-refractivity contribution in [2.75, 3.05) is 0 Å². The Hall–Kier alpha value is -0.940. The fourth-order valence-corrected chi connectivity index (χ4v) is 1.64. The van der Waals surface area contributed by atoms with Gasteiger partial charge >= 0.3 is 0 Å². The van der Waals surface area contributed by atoms with Crippen molar-refractivity contribution in [3.05, 3.63) is 22.4 Å². The molecule has 0 fully saturated rings. The van der Waals surface area contributed by atoms with E-state index in [-0.39, 0.29) is 10.9 Å². The molecule has 0 saturated carbocycles. The summed E-state index contributed by atoms with van der Waals surface area (Å²) in [5.41, 5.74) is 6.45. The van der Waals surface area contributed by atoms with E-state index in [0.717, 1.165) is 5.56 Å². The van der Waals surface area contributed by atoms with Crippen LogP contribution in [-0.4, -0.2) is 10.9 Å². The first-order valence-corrected chi connectivity index (χ1v) is 5.54. The summed E-state index contributed by atoms with van der Waals surface area (Å²) >= 11 is 6.33. The number of thiocarbonyl (C=S) groups is 1. The van der Waals surface area contributed by atoms with E-state index in [1.165, 1.54) is 0 Å². The lowest BCUT2D eigenvalue weighted by Crippen LogP contribution is -2.35. The van der Waals surface area contributed by atoms with Crippen LogP contribution in [0.15, 0.2) is 16.8 Å². The maximum atomic E-state index is 11.4. The Labute approximate surface area is 92.3 Å². The number of nitrogens with one attached hydrogen (secondary N) is 1. The summed E-state index contributed by atoms with van der Waals surface area (Å²) in [5.74, 6) is -0.521. The number of carbonyl (C=O) groups excluding carboxylic acids is 1. The standard InChI is InChI=1S/C9H12N2OS2/c1-6(8(10)13)9(12)11-4-7-2-3-14-5-7/h2-3,5-6H,4H2,1H3,(H2,10,13)(H,11,12). The van der Waals surface area contributed by atoms with Gasteiger partial charge in [0.2, 0.25) is 5.91 Å². The molecular formula is C9H12N2OS2. The van der Waals surface area contributed by atoms with Gasteiger partial charge in [-0.15, -0.1) is 0 Å². The molecule has 1 unspecified atom stereocenters. The highest BCUT2D eigenvalue weighted by molar-refractivity contribution is 7.80. The van der Waals surface area contributed by atoms with Crippen LogP contribution in [-0.2, 0) is 11.3 Å². The third-order valence-corrected chi connectivity index (χ3v) is 2.95. The number of carbonyl (C=O) groups is 1. The van der Waals surface area contributed by atoms with Gasteiger partial charge in [-0.3, -0.25) is 4.79 Å². The molecule has 0 aromatic carbocycles. The Balaban J connectivity index is 2.39. The Bertz CT molecular complexity index is 322. The van der Waals surface area contributed by atoms with Gasteiger partial charge in [0, 0.05) is 6.54 Å². The van der Waals surface area contributed by atoms with E-state index in [4.69, 9.17) is 18.0 Å². The summed E-state index contributed by atoms with van der Waals surface area (Å²) in [5, 5.41) is 6.73. The van der Waals surface area contributed by atoms with Gasteiger partial charge in [-0.05, 0) is 29.3 Å². The molecule has 0 aliphatic carbocycles. The zero-order chi connectivity index (χ0) is 10.6. The van der Waals surface area contributed by atoms with Crippen molar-refractivity contribution in [1.82, 2.24) is 5.32 Å². The molecule has 1 aromatic heterocycles. The fourth-order valence-electron chi connectivity index (χ4n) is 0.865. The predicted molar refractivity (Wildman–Crippen MR) is 62.1 cm³/mol. The Morgan fingerprint density at radius 2 is 2.50 bits per heavy atom. The van der Waals surface area contributed by atoms with Gasteiger partial charge in [-0.2, -0.15) is 11.3 Å².